The quantitative estimate of drug-likeness (QED) is 0.274. The molecule has 3 aliphatic rings. The molecule has 0 bridgehead atoms. The molecule has 0 unspecified atom stereocenters. The minimum Gasteiger partial charge on any atom is -0.490 e. The van der Waals surface area contributed by atoms with Gasteiger partial charge in [-0.05, 0) is 70.6 Å². The number of hydrogen-bond donors (Lipinski definition) is 0. The molecule has 38 heavy (non-hydrogen) atoms. The van der Waals surface area contributed by atoms with E-state index in [0.717, 1.165) is 58.3 Å². The topological polar surface area (TPSA) is 55.8 Å². The number of carbonyl (C=O) groups excluding carboxylic acids is 2. The maximum atomic E-state index is 13.8. The number of nitrogens with zero attached hydrogens (tertiary/aromatic N) is 1. The Morgan fingerprint density at radius 2 is 1.45 bits per heavy atom. The Bertz CT molecular complexity index is 1120. The lowest BCUT2D eigenvalue weighted by atomic mass is 9.64. The van der Waals surface area contributed by atoms with Gasteiger partial charge in [0, 0.05) is 48.3 Å². The van der Waals surface area contributed by atoms with Crippen molar-refractivity contribution in [1.29, 1.82) is 0 Å². The van der Waals surface area contributed by atoms with Gasteiger partial charge in [0.15, 0.2) is 23.1 Å². The molecule has 0 saturated carbocycles. The van der Waals surface area contributed by atoms with Gasteiger partial charge in [0.05, 0.1) is 17.7 Å². The molecular formula is C32H44BrNO4. The molecule has 0 atom stereocenters. The van der Waals surface area contributed by atoms with Crippen LogP contribution in [0.4, 0.5) is 0 Å². The zero-order valence-electron chi connectivity index (χ0n) is 24.3. The fourth-order valence-corrected chi connectivity index (χ4v) is 6.93. The summed E-state index contributed by atoms with van der Waals surface area (Å²) in [6.07, 6.45) is 7.09. The van der Waals surface area contributed by atoms with Crippen molar-refractivity contribution in [2.45, 2.75) is 98.8 Å². The molecule has 2 aliphatic carbocycles. The lowest BCUT2D eigenvalue weighted by molar-refractivity contribution is -0.119. The van der Waals surface area contributed by atoms with Crippen LogP contribution in [0.5, 0.6) is 11.5 Å². The Balaban J connectivity index is 1.84. The number of halogens is 1. The van der Waals surface area contributed by atoms with Gasteiger partial charge in [0.1, 0.15) is 0 Å². The first-order valence-corrected chi connectivity index (χ1v) is 15.0. The fraction of sp³-hybridized carbons (Fsp3) is 0.625. The number of unbranched alkanes of at least 4 members (excludes halogenated alkanes) is 3. The maximum absolute atomic E-state index is 13.8. The molecule has 0 N–H and O–H groups in total. The second-order valence-electron chi connectivity index (χ2n) is 12.8. The second kappa shape index (κ2) is 11.2. The van der Waals surface area contributed by atoms with E-state index >= 15 is 0 Å². The maximum Gasteiger partial charge on any atom is 0.175 e. The normalized spacial score (nSPS) is 21.0. The molecule has 0 aromatic heterocycles. The summed E-state index contributed by atoms with van der Waals surface area (Å²) in [6, 6.07) is 4.04. The number of ketones is 2. The van der Waals surface area contributed by atoms with Crippen LogP contribution in [0.2, 0.25) is 0 Å². The van der Waals surface area contributed by atoms with Crippen molar-refractivity contribution < 1.29 is 19.1 Å². The molecule has 1 aromatic rings. The Morgan fingerprint density at radius 1 is 0.868 bits per heavy atom. The molecule has 6 heteroatoms. The fourth-order valence-electron chi connectivity index (χ4n) is 6.36. The van der Waals surface area contributed by atoms with Gasteiger partial charge >= 0.3 is 0 Å². The molecule has 1 aromatic carbocycles. The Hall–Kier alpha value is -2.08. The van der Waals surface area contributed by atoms with Crippen LogP contribution in [0.15, 0.2) is 39.1 Å². The van der Waals surface area contributed by atoms with Crippen molar-refractivity contribution >= 4 is 27.5 Å². The second-order valence-corrected chi connectivity index (χ2v) is 13.6. The van der Waals surface area contributed by atoms with Crippen LogP contribution < -0.4 is 9.47 Å². The standard InChI is InChI=1S/C32H44BrNO4/c1-8-10-11-12-13-38-30-21(33)14-20(15-26(30)37-9-2)27-28-22(16-31(3,4)18-24(28)35)34(7)23-17-32(5,6)19-25(36)29(23)27/h14-15,27H,8-13,16-19H2,1-7H3. The summed E-state index contributed by atoms with van der Waals surface area (Å²) < 4.78 is 13.1. The smallest absolute Gasteiger partial charge is 0.175 e. The van der Waals surface area contributed by atoms with Crippen molar-refractivity contribution in [2.75, 3.05) is 20.3 Å². The summed E-state index contributed by atoms with van der Waals surface area (Å²) in [5.74, 6) is 1.24. The van der Waals surface area contributed by atoms with Gasteiger partial charge in [-0.25, -0.2) is 0 Å². The van der Waals surface area contributed by atoms with Crippen LogP contribution >= 0.6 is 15.9 Å². The number of benzene rings is 1. The first-order valence-electron chi connectivity index (χ1n) is 14.2. The van der Waals surface area contributed by atoms with E-state index in [1.807, 2.05) is 26.1 Å². The molecular weight excluding hydrogens is 542 g/mol. The predicted octanol–water partition coefficient (Wildman–Crippen LogP) is 8.12. The molecule has 4 rings (SSSR count). The van der Waals surface area contributed by atoms with E-state index in [4.69, 9.17) is 9.47 Å². The molecule has 0 radical (unpaired) electrons. The van der Waals surface area contributed by atoms with E-state index in [9.17, 15) is 9.59 Å². The zero-order chi connectivity index (χ0) is 27.8. The summed E-state index contributed by atoms with van der Waals surface area (Å²) in [6.45, 7) is 13.9. The van der Waals surface area contributed by atoms with Crippen molar-refractivity contribution in [2.24, 2.45) is 10.8 Å². The Kier molecular flexibility index (Phi) is 8.52. The third-order valence-electron chi connectivity index (χ3n) is 8.09. The lowest BCUT2D eigenvalue weighted by Gasteiger charge is -2.48. The van der Waals surface area contributed by atoms with Gasteiger partial charge in [-0.3, -0.25) is 9.59 Å². The summed E-state index contributed by atoms with van der Waals surface area (Å²) in [5.41, 5.74) is 4.35. The molecule has 1 heterocycles. The minimum atomic E-state index is -0.391. The number of rotatable bonds is 9. The van der Waals surface area contributed by atoms with E-state index in [1.165, 1.54) is 12.8 Å². The molecule has 1 aliphatic heterocycles. The van der Waals surface area contributed by atoms with E-state index in [2.05, 4.69) is 55.4 Å². The third kappa shape index (κ3) is 5.76. The highest BCUT2D eigenvalue weighted by molar-refractivity contribution is 9.10. The summed E-state index contributed by atoms with van der Waals surface area (Å²) in [7, 11) is 2.04. The highest BCUT2D eigenvalue weighted by atomic mass is 79.9. The first-order chi connectivity index (χ1) is 17.9. The molecule has 0 amide bonds. The molecule has 208 valence electrons. The number of carbonyl (C=O) groups is 2. The Morgan fingerprint density at radius 3 is 1.97 bits per heavy atom. The highest BCUT2D eigenvalue weighted by Gasteiger charge is 2.48. The SMILES string of the molecule is CCCCCCOc1c(Br)cc(C2C3=C(CC(C)(C)CC3=O)N(C)C3=C2C(=O)CC(C)(C)C3)cc1OCC. The van der Waals surface area contributed by atoms with E-state index < -0.39 is 5.92 Å². The van der Waals surface area contributed by atoms with Crippen LogP contribution in [0.3, 0.4) is 0 Å². The Labute approximate surface area is 237 Å². The largest absolute Gasteiger partial charge is 0.490 e. The summed E-state index contributed by atoms with van der Waals surface area (Å²) in [4.78, 5) is 29.7. The van der Waals surface area contributed by atoms with Crippen LogP contribution in [0, 0.1) is 10.8 Å². The van der Waals surface area contributed by atoms with Gasteiger partial charge in [-0.15, -0.1) is 0 Å². The highest BCUT2D eigenvalue weighted by Crippen LogP contribution is 2.55. The van der Waals surface area contributed by atoms with Crippen molar-refractivity contribution in [3.63, 3.8) is 0 Å². The average molecular weight is 587 g/mol. The molecule has 0 spiro atoms. The van der Waals surface area contributed by atoms with Gasteiger partial charge in [0.2, 0.25) is 0 Å². The van der Waals surface area contributed by atoms with Gasteiger partial charge < -0.3 is 14.4 Å². The summed E-state index contributed by atoms with van der Waals surface area (Å²) in [5, 5.41) is 0. The van der Waals surface area contributed by atoms with E-state index in [1.54, 1.807) is 0 Å². The summed E-state index contributed by atoms with van der Waals surface area (Å²) >= 11 is 3.75. The zero-order valence-corrected chi connectivity index (χ0v) is 25.8. The molecule has 0 saturated heterocycles. The van der Waals surface area contributed by atoms with Crippen LogP contribution in [-0.2, 0) is 9.59 Å². The number of hydrogen-bond acceptors (Lipinski definition) is 5. The van der Waals surface area contributed by atoms with Crippen molar-refractivity contribution in [3.8, 4) is 11.5 Å². The average Bonchev–Trinajstić information content (AvgIpc) is 2.80. The number of ether oxygens (including phenoxy) is 2. The van der Waals surface area contributed by atoms with E-state index in [0.29, 0.717) is 37.6 Å². The monoisotopic (exact) mass is 585 g/mol. The van der Waals surface area contributed by atoms with E-state index in [-0.39, 0.29) is 22.4 Å². The number of allylic oxidation sites excluding steroid dienone is 4. The molecule has 0 fully saturated rings. The van der Waals surface area contributed by atoms with Gasteiger partial charge in [-0.2, -0.15) is 0 Å². The molecule has 5 nitrogen and oxygen atoms in total. The predicted molar refractivity (Wildman–Crippen MR) is 156 cm³/mol. The first kappa shape index (κ1) is 28.9. The van der Waals surface area contributed by atoms with Crippen molar-refractivity contribution in [3.05, 3.63) is 44.7 Å². The third-order valence-corrected chi connectivity index (χ3v) is 8.68. The van der Waals surface area contributed by atoms with Crippen LogP contribution in [0.1, 0.15) is 104 Å². The van der Waals surface area contributed by atoms with Gasteiger partial charge in [0.25, 0.3) is 0 Å². The number of Topliss-reactive ketones (excluding diaryl/α,β-unsaturated/α-hetero) is 2. The van der Waals surface area contributed by atoms with Crippen LogP contribution in [0.25, 0.3) is 0 Å². The van der Waals surface area contributed by atoms with Crippen LogP contribution in [-0.4, -0.2) is 36.7 Å². The van der Waals surface area contributed by atoms with Crippen molar-refractivity contribution in [1.82, 2.24) is 4.90 Å². The minimum absolute atomic E-state index is 0.118. The van der Waals surface area contributed by atoms with Gasteiger partial charge in [-0.1, -0.05) is 53.9 Å². The lowest BCUT2D eigenvalue weighted by Crippen LogP contribution is -2.43.